The van der Waals surface area contributed by atoms with Gasteiger partial charge in [0.1, 0.15) is 0 Å². The summed E-state index contributed by atoms with van der Waals surface area (Å²) in [6.45, 7) is 2.32. The van der Waals surface area contributed by atoms with Crippen molar-refractivity contribution in [1.29, 1.82) is 0 Å². The van der Waals surface area contributed by atoms with Gasteiger partial charge in [0.05, 0.1) is 19.0 Å². The van der Waals surface area contributed by atoms with Gasteiger partial charge in [-0.2, -0.15) is 0 Å². The van der Waals surface area contributed by atoms with Crippen molar-refractivity contribution in [3.63, 3.8) is 0 Å². The van der Waals surface area contributed by atoms with Crippen molar-refractivity contribution < 1.29 is 19.2 Å². The van der Waals surface area contributed by atoms with Crippen LogP contribution in [0, 0.1) is 5.92 Å². The molecule has 9 heteroatoms. The smallest absolute Gasteiger partial charge is 0.324 e. The number of anilines is 1. The maximum atomic E-state index is 12.9. The summed E-state index contributed by atoms with van der Waals surface area (Å²) in [5.74, 6) is -0.973. The fraction of sp³-hybridized carbons (Fsp3) is 0.333. The van der Waals surface area contributed by atoms with Crippen molar-refractivity contribution in [2.75, 3.05) is 25.0 Å². The van der Waals surface area contributed by atoms with Crippen LogP contribution in [0.15, 0.2) is 48.5 Å². The zero-order chi connectivity index (χ0) is 23.4. The van der Waals surface area contributed by atoms with Crippen molar-refractivity contribution in [2.24, 2.45) is 11.7 Å². The molecule has 2 heterocycles. The van der Waals surface area contributed by atoms with Crippen molar-refractivity contribution in [1.82, 2.24) is 15.1 Å². The fourth-order valence-corrected chi connectivity index (χ4v) is 4.25. The lowest BCUT2D eigenvalue weighted by atomic mass is 9.97. The minimum absolute atomic E-state index is 0.0276. The monoisotopic (exact) mass is 449 g/mol. The van der Waals surface area contributed by atoms with Gasteiger partial charge in [-0.15, -0.1) is 0 Å². The first-order valence-corrected chi connectivity index (χ1v) is 11.0. The number of urea groups is 1. The molecule has 2 aliphatic heterocycles. The minimum atomic E-state index is -0.457. The van der Waals surface area contributed by atoms with E-state index in [0.717, 1.165) is 29.8 Å². The third-order valence-electron chi connectivity index (χ3n) is 6.05. The molecule has 1 atom stereocenters. The van der Waals surface area contributed by atoms with Crippen LogP contribution in [0.25, 0.3) is 0 Å². The summed E-state index contributed by atoms with van der Waals surface area (Å²) in [7, 11) is 0. The van der Waals surface area contributed by atoms with Gasteiger partial charge in [0.25, 0.3) is 5.91 Å². The lowest BCUT2D eigenvalue weighted by Crippen LogP contribution is -2.40. The molecule has 172 valence electrons. The molecule has 0 aromatic heterocycles. The molecule has 0 bridgehead atoms. The number of carbonyl (C=O) groups is 4. The maximum absolute atomic E-state index is 12.9. The normalized spacial score (nSPS) is 18.8. The summed E-state index contributed by atoms with van der Waals surface area (Å²) >= 11 is 0. The Balaban J connectivity index is 1.39. The topological polar surface area (TPSA) is 125 Å². The number of primary amides is 1. The van der Waals surface area contributed by atoms with E-state index < -0.39 is 6.03 Å². The van der Waals surface area contributed by atoms with Gasteiger partial charge in [-0.05, 0) is 48.7 Å². The molecule has 2 fully saturated rings. The Labute approximate surface area is 191 Å². The van der Waals surface area contributed by atoms with Crippen LogP contribution in [0.4, 0.5) is 10.5 Å². The summed E-state index contributed by atoms with van der Waals surface area (Å²) in [4.78, 5) is 51.5. The van der Waals surface area contributed by atoms with Gasteiger partial charge in [0.15, 0.2) is 0 Å². The van der Waals surface area contributed by atoms with Crippen LogP contribution in [-0.4, -0.2) is 53.2 Å². The third-order valence-corrected chi connectivity index (χ3v) is 6.05. The predicted octanol–water partition coefficient (Wildman–Crippen LogP) is 1.69. The first kappa shape index (κ1) is 22.5. The van der Waals surface area contributed by atoms with Gasteiger partial charge in [-0.1, -0.05) is 30.3 Å². The van der Waals surface area contributed by atoms with E-state index in [2.05, 4.69) is 15.5 Å². The summed E-state index contributed by atoms with van der Waals surface area (Å²) in [6, 6.07) is 14.0. The summed E-state index contributed by atoms with van der Waals surface area (Å²) < 4.78 is 0. The number of rotatable bonds is 7. The number of amides is 5. The van der Waals surface area contributed by atoms with E-state index in [9.17, 15) is 19.2 Å². The summed E-state index contributed by atoms with van der Waals surface area (Å²) in [6.07, 6.45) is 1.79. The predicted molar refractivity (Wildman–Crippen MR) is 122 cm³/mol. The summed E-state index contributed by atoms with van der Waals surface area (Å²) in [5.41, 5.74) is 8.18. The van der Waals surface area contributed by atoms with Gasteiger partial charge >= 0.3 is 6.03 Å². The number of piperidine rings is 1. The SMILES string of the molecule is NC(=O)C1CCCN(Cc2ccc(NC(=O)c3ccccc3CN3C(=O)CNC3=O)cc2)C1. The van der Waals surface area contributed by atoms with Crippen molar-refractivity contribution in [3.05, 3.63) is 65.2 Å². The number of likely N-dealkylation sites (tertiary alicyclic amines) is 1. The molecule has 33 heavy (non-hydrogen) atoms. The molecule has 0 saturated carbocycles. The molecule has 0 radical (unpaired) electrons. The molecule has 5 amide bonds. The zero-order valence-corrected chi connectivity index (χ0v) is 18.3. The van der Waals surface area contributed by atoms with E-state index in [1.807, 2.05) is 24.3 Å². The number of benzene rings is 2. The van der Waals surface area contributed by atoms with E-state index in [1.54, 1.807) is 24.3 Å². The molecule has 0 spiro atoms. The van der Waals surface area contributed by atoms with Crippen molar-refractivity contribution in [2.45, 2.75) is 25.9 Å². The summed E-state index contributed by atoms with van der Waals surface area (Å²) in [5, 5.41) is 5.36. The molecule has 4 N–H and O–H groups in total. The van der Waals surface area contributed by atoms with Gasteiger partial charge in [-0.25, -0.2) is 4.79 Å². The van der Waals surface area contributed by atoms with E-state index in [1.165, 1.54) is 0 Å². The molecule has 2 aliphatic rings. The first-order chi connectivity index (χ1) is 15.9. The lowest BCUT2D eigenvalue weighted by molar-refractivity contribution is -0.125. The Morgan fingerprint density at radius 3 is 2.52 bits per heavy atom. The van der Waals surface area contributed by atoms with E-state index in [-0.39, 0.29) is 36.7 Å². The minimum Gasteiger partial charge on any atom is -0.369 e. The second-order valence-corrected chi connectivity index (χ2v) is 8.42. The van der Waals surface area contributed by atoms with Gasteiger partial charge < -0.3 is 16.4 Å². The number of hydrogen-bond donors (Lipinski definition) is 3. The molecule has 2 aromatic carbocycles. The quantitative estimate of drug-likeness (QED) is 0.555. The molecule has 0 aliphatic carbocycles. The highest BCUT2D eigenvalue weighted by Gasteiger charge is 2.29. The highest BCUT2D eigenvalue weighted by molar-refractivity contribution is 6.06. The Bertz CT molecular complexity index is 1050. The van der Waals surface area contributed by atoms with Crippen LogP contribution in [0.1, 0.15) is 34.3 Å². The van der Waals surface area contributed by atoms with Gasteiger partial charge in [0, 0.05) is 24.3 Å². The average Bonchev–Trinajstić information content (AvgIpc) is 3.13. The van der Waals surface area contributed by atoms with Crippen LogP contribution < -0.4 is 16.4 Å². The first-order valence-electron chi connectivity index (χ1n) is 11.0. The largest absolute Gasteiger partial charge is 0.369 e. The van der Waals surface area contributed by atoms with Gasteiger partial charge in [0.2, 0.25) is 11.8 Å². The highest BCUT2D eigenvalue weighted by atomic mass is 16.2. The maximum Gasteiger partial charge on any atom is 0.324 e. The fourth-order valence-electron chi connectivity index (χ4n) is 4.25. The second kappa shape index (κ2) is 9.83. The Kier molecular flexibility index (Phi) is 6.69. The molecule has 9 nitrogen and oxygen atoms in total. The molecule has 1 unspecified atom stereocenters. The second-order valence-electron chi connectivity index (χ2n) is 8.42. The molecule has 4 rings (SSSR count). The highest BCUT2D eigenvalue weighted by Crippen LogP contribution is 2.20. The van der Waals surface area contributed by atoms with Crippen molar-refractivity contribution >= 4 is 29.4 Å². The average molecular weight is 450 g/mol. The van der Waals surface area contributed by atoms with E-state index in [0.29, 0.717) is 29.9 Å². The molecular formula is C24H27N5O4. The number of nitrogens with zero attached hydrogens (tertiary/aromatic N) is 2. The van der Waals surface area contributed by atoms with Gasteiger partial charge in [-0.3, -0.25) is 24.2 Å². The van der Waals surface area contributed by atoms with Crippen LogP contribution in [-0.2, 0) is 22.7 Å². The molecular weight excluding hydrogens is 422 g/mol. The van der Waals surface area contributed by atoms with Crippen LogP contribution >= 0.6 is 0 Å². The lowest BCUT2D eigenvalue weighted by Gasteiger charge is -2.31. The zero-order valence-electron chi connectivity index (χ0n) is 18.3. The van der Waals surface area contributed by atoms with Crippen LogP contribution in [0.3, 0.4) is 0 Å². The molecule has 2 saturated heterocycles. The Morgan fingerprint density at radius 1 is 1.06 bits per heavy atom. The number of nitrogens with two attached hydrogens (primary N) is 1. The Hall–Kier alpha value is -3.72. The van der Waals surface area contributed by atoms with E-state index in [4.69, 9.17) is 5.73 Å². The number of nitrogens with one attached hydrogen (secondary N) is 2. The number of imide groups is 1. The van der Waals surface area contributed by atoms with Crippen LogP contribution in [0.2, 0.25) is 0 Å². The van der Waals surface area contributed by atoms with Crippen molar-refractivity contribution in [3.8, 4) is 0 Å². The number of hydrogen-bond acceptors (Lipinski definition) is 5. The molecule has 2 aromatic rings. The number of carbonyl (C=O) groups excluding carboxylic acids is 4. The van der Waals surface area contributed by atoms with Crippen LogP contribution in [0.5, 0.6) is 0 Å². The Morgan fingerprint density at radius 2 is 1.82 bits per heavy atom. The standard InChI is InChI=1S/C24H27N5O4/c25-22(31)18-5-3-11-28(14-18)13-16-7-9-19(10-8-16)27-23(32)20-6-2-1-4-17(20)15-29-21(30)12-26-24(29)33/h1-2,4,6-10,18H,3,5,11-15H2,(H2,25,31)(H,26,33)(H,27,32). The third kappa shape index (κ3) is 5.38. The van der Waals surface area contributed by atoms with E-state index >= 15 is 0 Å².